The molecule has 0 radical (unpaired) electrons. The number of hydrogen-bond acceptors (Lipinski definition) is 4. The van der Waals surface area contributed by atoms with Gasteiger partial charge in [-0.1, -0.05) is 42.5 Å². The maximum absolute atomic E-state index is 12.5. The van der Waals surface area contributed by atoms with Crippen LogP contribution in [-0.2, 0) is 11.2 Å². The first kappa shape index (κ1) is 15.1. The zero-order valence-corrected chi connectivity index (χ0v) is 12.3. The second-order valence-corrected chi connectivity index (χ2v) is 5.41. The molecule has 0 saturated carbocycles. The maximum atomic E-state index is 12.5. The number of hydrogen-bond donors (Lipinski definition) is 1. The van der Waals surface area contributed by atoms with Crippen LogP contribution in [0.4, 0.5) is 0 Å². The fraction of sp³-hybridized carbons (Fsp3) is 0.167. The lowest BCUT2D eigenvalue weighted by atomic mass is 10.0. The fourth-order valence-corrected chi connectivity index (χ4v) is 2.82. The minimum Gasteiger partial charge on any atom is -0.383 e. The van der Waals surface area contributed by atoms with Crippen LogP contribution >= 0.6 is 0 Å². The molecule has 1 aliphatic rings. The summed E-state index contributed by atoms with van der Waals surface area (Å²) in [5, 5.41) is 10.0. The van der Waals surface area contributed by atoms with E-state index in [4.69, 9.17) is 0 Å². The zero-order valence-electron chi connectivity index (χ0n) is 12.3. The molecule has 2 aromatic carbocycles. The molecule has 3 rings (SSSR count). The van der Waals surface area contributed by atoms with Crippen molar-refractivity contribution >= 4 is 18.1 Å². The topological polar surface area (TPSA) is 74.7 Å². The molecule has 1 N–H and O–H groups in total. The summed E-state index contributed by atoms with van der Waals surface area (Å²) in [6, 6.07) is 14.7. The summed E-state index contributed by atoms with van der Waals surface area (Å²) in [6.07, 6.45) is -0.860. The van der Waals surface area contributed by atoms with Crippen molar-refractivity contribution < 1.29 is 19.5 Å². The third-order valence-electron chi connectivity index (χ3n) is 3.98. The summed E-state index contributed by atoms with van der Waals surface area (Å²) < 4.78 is 0. The van der Waals surface area contributed by atoms with Crippen molar-refractivity contribution in [3.63, 3.8) is 0 Å². The second kappa shape index (κ2) is 6.14. The maximum Gasteiger partial charge on any atom is 0.261 e. The number of nitrogens with zero attached hydrogens (tertiary/aromatic N) is 1. The summed E-state index contributed by atoms with van der Waals surface area (Å²) in [4.78, 5) is 37.2. The molecule has 2 aromatic rings. The lowest BCUT2D eigenvalue weighted by Gasteiger charge is -2.28. The molecule has 0 aliphatic carbocycles. The number of carbonyl (C=O) groups excluding carboxylic acids is 3. The van der Waals surface area contributed by atoms with E-state index in [-0.39, 0.29) is 6.42 Å². The van der Waals surface area contributed by atoms with Gasteiger partial charge in [-0.3, -0.25) is 14.5 Å². The molecular weight excluding hydrogens is 294 g/mol. The third-order valence-corrected chi connectivity index (χ3v) is 3.98. The van der Waals surface area contributed by atoms with Gasteiger partial charge in [0, 0.05) is 0 Å². The van der Waals surface area contributed by atoms with Gasteiger partial charge in [0.15, 0.2) is 6.29 Å². The van der Waals surface area contributed by atoms with Crippen molar-refractivity contribution in [2.24, 2.45) is 0 Å². The van der Waals surface area contributed by atoms with E-state index in [1.165, 1.54) is 0 Å². The summed E-state index contributed by atoms with van der Waals surface area (Å²) in [5.41, 5.74) is 1.43. The number of aliphatic hydroxyl groups is 1. The van der Waals surface area contributed by atoms with Crippen LogP contribution in [0.15, 0.2) is 54.6 Å². The van der Waals surface area contributed by atoms with Gasteiger partial charge in [-0.15, -0.1) is 0 Å². The Hall–Kier alpha value is -2.79. The van der Waals surface area contributed by atoms with Gasteiger partial charge in [-0.05, 0) is 24.1 Å². The van der Waals surface area contributed by atoms with Crippen LogP contribution in [0.5, 0.6) is 0 Å². The molecule has 1 aliphatic heterocycles. The molecule has 2 atom stereocenters. The smallest absolute Gasteiger partial charge is 0.261 e. The number of fused-ring (bicyclic) bond motifs is 1. The molecule has 0 fully saturated rings. The summed E-state index contributed by atoms with van der Waals surface area (Å²) >= 11 is 0. The molecule has 1 heterocycles. The van der Waals surface area contributed by atoms with E-state index < -0.39 is 24.0 Å². The van der Waals surface area contributed by atoms with Crippen molar-refractivity contribution in [2.45, 2.75) is 18.6 Å². The summed E-state index contributed by atoms with van der Waals surface area (Å²) in [7, 11) is 0. The highest BCUT2D eigenvalue weighted by atomic mass is 16.3. The number of carbonyl (C=O) groups is 3. The first-order valence-corrected chi connectivity index (χ1v) is 7.27. The number of benzene rings is 2. The predicted molar refractivity (Wildman–Crippen MR) is 82.9 cm³/mol. The normalized spacial score (nSPS) is 16.1. The van der Waals surface area contributed by atoms with Gasteiger partial charge in [-0.2, -0.15) is 0 Å². The Kier molecular flexibility index (Phi) is 4.04. The van der Waals surface area contributed by atoms with E-state index in [0.29, 0.717) is 17.4 Å². The minimum atomic E-state index is -1.43. The monoisotopic (exact) mass is 309 g/mol. The van der Waals surface area contributed by atoms with Crippen LogP contribution in [0.2, 0.25) is 0 Å². The number of aldehydes is 1. The van der Waals surface area contributed by atoms with Gasteiger partial charge in [0.05, 0.1) is 17.2 Å². The molecular formula is C18H15NO4. The number of rotatable bonds is 5. The third kappa shape index (κ3) is 2.66. The highest BCUT2D eigenvalue weighted by molar-refractivity contribution is 6.21. The fourth-order valence-electron chi connectivity index (χ4n) is 2.82. The Balaban J connectivity index is 1.97. The van der Waals surface area contributed by atoms with E-state index in [2.05, 4.69) is 0 Å². The number of imide groups is 1. The van der Waals surface area contributed by atoms with Crippen molar-refractivity contribution in [1.29, 1.82) is 0 Å². The number of aliphatic hydroxyl groups excluding tert-OH is 1. The van der Waals surface area contributed by atoms with Gasteiger partial charge in [0.25, 0.3) is 11.8 Å². The van der Waals surface area contributed by atoms with Crippen LogP contribution < -0.4 is 0 Å². The van der Waals surface area contributed by atoms with E-state index in [1.54, 1.807) is 24.3 Å². The molecule has 0 aromatic heterocycles. The first-order valence-electron chi connectivity index (χ1n) is 7.27. The van der Waals surface area contributed by atoms with E-state index >= 15 is 0 Å². The number of amides is 2. The van der Waals surface area contributed by atoms with Crippen molar-refractivity contribution in [2.75, 3.05) is 0 Å². The molecule has 0 spiro atoms. The van der Waals surface area contributed by atoms with Gasteiger partial charge in [0.2, 0.25) is 0 Å². The Bertz CT molecular complexity index is 722. The van der Waals surface area contributed by atoms with Crippen LogP contribution in [0, 0.1) is 0 Å². The second-order valence-electron chi connectivity index (χ2n) is 5.41. The highest BCUT2D eigenvalue weighted by Gasteiger charge is 2.42. The standard InChI is InChI=1S/C18H15NO4/c20-11-16(21)15(10-12-6-2-1-3-7-12)19-17(22)13-8-4-5-9-14(13)18(19)23/h1-9,11,15-16,21H,10H2. The quantitative estimate of drug-likeness (QED) is 0.670. The summed E-state index contributed by atoms with van der Waals surface area (Å²) in [6.45, 7) is 0. The minimum absolute atomic E-state index is 0.214. The van der Waals surface area contributed by atoms with E-state index in [9.17, 15) is 19.5 Å². The molecule has 116 valence electrons. The van der Waals surface area contributed by atoms with E-state index in [0.717, 1.165) is 10.5 Å². The van der Waals surface area contributed by atoms with Gasteiger partial charge in [0.1, 0.15) is 6.10 Å². The average Bonchev–Trinajstić information content (AvgIpc) is 2.85. The lowest BCUT2D eigenvalue weighted by Crippen LogP contribution is -2.48. The molecule has 23 heavy (non-hydrogen) atoms. The Morgan fingerprint density at radius 2 is 1.43 bits per heavy atom. The van der Waals surface area contributed by atoms with Gasteiger partial charge < -0.3 is 9.90 Å². The Morgan fingerprint density at radius 1 is 0.913 bits per heavy atom. The van der Waals surface area contributed by atoms with Crippen molar-refractivity contribution in [1.82, 2.24) is 4.90 Å². The van der Waals surface area contributed by atoms with Crippen LogP contribution in [0.25, 0.3) is 0 Å². The Morgan fingerprint density at radius 3 is 1.96 bits per heavy atom. The van der Waals surface area contributed by atoms with Gasteiger partial charge >= 0.3 is 0 Å². The molecule has 2 unspecified atom stereocenters. The average molecular weight is 309 g/mol. The highest BCUT2D eigenvalue weighted by Crippen LogP contribution is 2.26. The predicted octanol–water partition coefficient (Wildman–Crippen LogP) is 1.45. The molecule has 5 heteroatoms. The van der Waals surface area contributed by atoms with Gasteiger partial charge in [-0.25, -0.2) is 0 Å². The van der Waals surface area contributed by atoms with Crippen molar-refractivity contribution in [3.8, 4) is 0 Å². The zero-order chi connectivity index (χ0) is 16.4. The van der Waals surface area contributed by atoms with Crippen LogP contribution in [-0.4, -0.2) is 40.3 Å². The largest absolute Gasteiger partial charge is 0.383 e. The first-order chi connectivity index (χ1) is 11.1. The van der Waals surface area contributed by atoms with Crippen LogP contribution in [0.3, 0.4) is 0 Å². The molecule has 2 amide bonds. The molecule has 0 bridgehead atoms. The lowest BCUT2D eigenvalue weighted by molar-refractivity contribution is -0.117. The van der Waals surface area contributed by atoms with Crippen LogP contribution in [0.1, 0.15) is 26.3 Å². The SMILES string of the molecule is O=CC(O)C(Cc1ccccc1)N1C(=O)c2ccccc2C1=O. The summed E-state index contributed by atoms with van der Waals surface area (Å²) in [5.74, 6) is -0.958. The molecule has 0 saturated heterocycles. The molecule has 5 nitrogen and oxygen atoms in total. The Labute approximate surface area is 133 Å². The van der Waals surface area contributed by atoms with E-state index in [1.807, 2.05) is 30.3 Å². The van der Waals surface area contributed by atoms with Crippen molar-refractivity contribution in [3.05, 3.63) is 71.3 Å².